The van der Waals surface area contributed by atoms with Crippen LogP contribution in [0.15, 0.2) is 65.9 Å². The minimum atomic E-state index is -3.59. The molecule has 0 aliphatic heterocycles. The summed E-state index contributed by atoms with van der Waals surface area (Å²) in [5.74, 6) is -0.880. The van der Waals surface area contributed by atoms with E-state index in [0.717, 1.165) is 5.41 Å². The van der Waals surface area contributed by atoms with Crippen molar-refractivity contribution in [3.8, 4) is 0 Å². The average molecular weight is 563 g/mol. The zero-order chi connectivity index (χ0) is 27.4. The van der Waals surface area contributed by atoms with Crippen LogP contribution in [0.25, 0.3) is 0 Å². The second kappa shape index (κ2) is 11.6. The molecule has 202 valence electrons. The van der Waals surface area contributed by atoms with Crippen LogP contribution in [-0.2, 0) is 31.8 Å². The van der Waals surface area contributed by atoms with Crippen molar-refractivity contribution in [3.05, 3.63) is 77.9 Å². The van der Waals surface area contributed by atoms with E-state index in [9.17, 15) is 27.6 Å². The smallest absolute Gasteiger partial charge is 0.231 e. The number of carbonyl (C=O) groups excluding carboxylic acids is 1. The van der Waals surface area contributed by atoms with Gasteiger partial charge in [0.15, 0.2) is 9.84 Å². The summed E-state index contributed by atoms with van der Waals surface area (Å²) >= 11 is -2.00. The average Bonchev–Trinajstić information content (AvgIpc) is 3.47. The molecule has 1 aromatic carbocycles. The maximum atomic E-state index is 13.3. The van der Waals surface area contributed by atoms with E-state index >= 15 is 0 Å². The predicted octanol–water partition coefficient (Wildman–Crippen LogP) is -0.0542. The molecule has 2 heterocycles. The first-order chi connectivity index (χ1) is 18.1. The number of aliphatic hydroxyl groups is 2. The predicted molar refractivity (Wildman–Crippen MR) is 136 cm³/mol. The number of benzene rings is 1. The summed E-state index contributed by atoms with van der Waals surface area (Å²) < 4.78 is 41.5. The van der Waals surface area contributed by atoms with Gasteiger partial charge in [0.2, 0.25) is 17.0 Å². The second-order valence-electron chi connectivity index (χ2n) is 8.64. The third kappa shape index (κ3) is 6.20. The number of nitrogens with one attached hydrogen (secondary N) is 1. The standard InChI is InChI=1S/C23H26N6O7S2/c1-2-38(34,35)16-5-3-4-14(8-16)11-29-7-6-18(28-29)21(31)17-10-25-13-26-23(17)27-19-9-15(12-36-37(24)33)20(30)22(19)32/h2-8,10,13,15,19-20,22,30,32H,1,9,11-12,24H2,(H,25,26,27)/t15-,19-,20-,22+,37?/m1/s1. The van der Waals surface area contributed by atoms with Gasteiger partial charge in [-0.2, -0.15) is 5.10 Å². The number of rotatable bonds is 11. The number of nitrogens with two attached hydrogens (primary N) is 1. The normalized spacial score (nSPS) is 22.2. The Morgan fingerprint density at radius 1 is 1.32 bits per heavy atom. The quantitative estimate of drug-likeness (QED) is 0.228. The number of hydrogen-bond donors (Lipinski definition) is 4. The van der Waals surface area contributed by atoms with Gasteiger partial charge in [0.25, 0.3) is 0 Å². The van der Waals surface area contributed by atoms with E-state index in [2.05, 4.69) is 27.0 Å². The van der Waals surface area contributed by atoms with Crippen molar-refractivity contribution >= 4 is 32.7 Å². The van der Waals surface area contributed by atoms with Crippen LogP contribution < -0.4 is 10.5 Å². The van der Waals surface area contributed by atoms with Crippen LogP contribution in [0.5, 0.6) is 0 Å². The first-order valence-electron chi connectivity index (χ1n) is 11.4. The highest BCUT2D eigenvalue weighted by Gasteiger charge is 2.42. The lowest BCUT2D eigenvalue weighted by atomic mass is 10.1. The number of carbonyl (C=O) groups is 1. The summed E-state index contributed by atoms with van der Waals surface area (Å²) in [5, 5.41) is 34.1. The molecule has 2 aromatic heterocycles. The molecule has 1 saturated carbocycles. The van der Waals surface area contributed by atoms with Crippen molar-refractivity contribution in [2.45, 2.75) is 36.1 Å². The van der Waals surface area contributed by atoms with Crippen molar-refractivity contribution in [1.29, 1.82) is 0 Å². The highest BCUT2D eigenvalue weighted by molar-refractivity contribution is 7.94. The molecule has 1 fully saturated rings. The summed E-state index contributed by atoms with van der Waals surface area (Å²) in [6.07, 6.45) is 2.02. The van der Waals surface area contributed by atoms with E-state index < -0.39 is 51.1 Å². The number of ketones is 1. The first-order valence-corrected chi connectivity index (χ1v) is 14.0. The lowest BCUT2D eigenvalue weighted by Crippen LogP contribution is -2.36. The van der Waals surface area contributed by atoms with Crippen LogP contribution in [0.3, 0.4) is 0 Å². The van der Waals surface area contributed by atoms with Gasteiger partial charge < -0.3 is 15.5 Å². The summed E-state index contributed by atoms with van der Waals surface area (Å²) in [5.41, 5.74) is 0.855. The maximum Gasteiger partial charge on any atom is 0.231 e. The highest BCUT2D eigenvalue weighted by Crippen LogP contribution is 2.30. The minimum absolute atomic E-state index is 0.0984. The fourth-order valence-electron chi connectivity index (χ4n) is 4.19. The van der Waals surface area contributed by atoms with Crippen molar-refractivity contribution in [2.75, 3.05) is 11.9 Å². The zero-order valence-corrected chi connectivity index (χ0v) is 21.6. The van der Waals surface area contributed by atoms with Crippen LogP contribution in [0.4, 0.5) is 5.82 Å². The zero-order valence-electron chi connectivity index (χ0n) is 20.0. The van der Waals surface area contributed by atoms with Gasteiger partial charge >= 0.3 is 0 Å². The van der Waals surface area contributed by atoms with Gasteiger partial charge in [0.05, 0.1) is 35.8 Å². The molecule has 4 rings (SSSR count). The molecule has 0 radical (unpaired) electrons. The third-order valence-electron chi connectivity index (χ3n) is 6.14. The van der Waals surface area contributed by atoms with E-state index in [1.165, 1.54) is 35.4 Å². The van der Waals surface area contributed by atoms with Crippen molar-refractivity contribution in [2.24, 2.45) is 11.1 Å². The molecule has 5 atom stereocenters. The fraction of sp³-hybridized carbons (Fsp3) is 0.304. The minimum Gasteiger partial charge on any atom is -0.390 e. The Hall–Kier alpha value is -3.34. The SMILES string of the molecule is C=CS(=O)(=O)c1cccc(Cn2ccc(C(=O)c3cncnc3N[C@@H]3C[C@H](COS(N)=O)[C@@H](O)[C@H]3O)n2)c1. The molecule has 0 spiro atoms. The van der Waals surface area contributed by atoms with E-state index in [1.807, 2.05) is 0 Å². The van der Waals surface area contributed by atoms with Gasteiger partial charge in [-0.15, -0.1) is 0 Å². The molecule has 0 saturated heterocycles. The summed E-state index contributed by atoms with van der Waals surface area (Å²) in [6, 6.07) is 7.17. The van der Waals surface area contributed by atoms with Gasteiger partial charge in [-0.05, 0) is 30.2 Å². The van der Waals surface area contributed by atoms with Gasteiger partial charge in [-0.25, -0.2) is 27.7 Å². The van der Waals surface area contributed by atoms with Gasteiger partial charge in [0, 0.05) is 23.7 Å². The molecule has 1 aliphatic rings. The van der Waals surface area contributed by atoms with Crippen LogP contribution in [0.1, 0.15) is 28.0 Å². The Balaban J connectivity index is 1.49. The second-order valence-corrected chi connectivity index (χ2v) is 11.3. The molecule has 3 aromatic rings. The Morgan fingerprint density at radius 2 is 2.11 bits per heavy atom. The first kappa shape index (κ1) is 27.7. The number of hydrogen-bond acceptors (Lipinski definition) is 11. The number of nitrogens with zero attached hydrogens (tertiary/aromatic N) is 4. The molecule has 38 heavy (non-hydrogen) atoms. The molecular formula is C23H26N6O7S2. The number of sulfone groups is 1. The van der Waals surface area contributed by atoms with Crippen LogP contribution in [0.2, 0.25) is 0 Å². The topological polar surface area (TPSA) is 200 Å². The van der Waals surface area contributed by atoms with Gasteiger partial charge in [-0.3, -0.25) is 13.7 Å². The summed E-state index contributed by atoms with van der Waals surface area (Å²) in [4.78, 5) is 21.4. The fourth-order valence-corrected chi connectivity index (χ4v) is 5.27. The van der Waals surface area contributed by atoms with Crippen molar-refractivity contribution in [1.82, 2.24) is 19.7 Å². The van der Waals surface area contributed by atoms with E-state index in [4.69, 9.17) is 9.32 Å². The maximum absolute atomic E-state index is 13.3. The Labute approximate surface area is 221 Å². The van der Waals surface area contributed by atoms with Crippen LogP contribution >= 0.6 is 0 Å². The highest BCUT2D eigenvalue weighted by atomic mass is 32.2. The molecule has 0 amide bonds. The monoisotopic (exact) mass is 562 g/mol. The molecule has 15 heteroatoms. The molecule has 0 bridgehead atoms. The number of aliphatic hydroxyl groups excluding tert-OH is 2. The third-order valence-corrected chi connectivity index (χ3v) is 7.86. The van der Waals surface area contributed by atoms with Gasteiger partial charge in [-0.1, -0.05) is 18.7 Å². The number of aromatic nitrogens is 4. The van der Waals surface area contributed by atoms with Crippen molar-refractivity contribution in [3.63, 3.8) is 0 Å². The van der Waals surface area contributed by atoms with Gasteiger partial charge in [0.1, 0.15) is 23.9 Å². The Kier molecular flexibility index (Phi) is 8.44. The molecule has 5 N–H and O–H groups in total. The molecule has 1 aliphatic carbocycles. The molecular weight excluding hydrogens is 536 g/mol. The van der Waals surface area contributed by atoms with Crippen molar-refractivity contribution < 1.29 is 31.8 Å². The molecule has 1 unspecified atom stereocenters. The van der Waals surface area contributed by atoms with E-state index in [1.54, 1.807) is 18.3 Å². The van der Waals surface area contributed by atoms with Crippen LogP contribution in [0, 0.1) is 5.92 Å². The number of anilines is 1. The molecule has 13 nitrogen and oxygen atoms in total. The Bertz CT molecular complexity index is 1460. The van der Waals surface area contributed by atoms with Crippen LogP contribution in [-0.4, -0.2) is 73.2 Å². The van der Waals surface area contributed by atoms with E-state index in [0.29, 0.717) is 5.56 Å². The lowest BCUT2D eigenvalue weighted by Gasteiger charge is -2.19. The Morgan fingerprint density at radius 3 is 2.84 bits per heavy atom. The summed E-state index contributed by atoms with van der Waals surface area (Å²) in [7, 11) is -3.59. The lowest BCUT2D eigenvalue weighted by molar-refractivity contribution is 0.00835. The van der Waals surface area contributed by atoms with E-state index in [-0.39, 0.29) is 41.5 Å². The summed E-state index contributed by atoms with van der Waals surface area (Å²) in [6.45, 7) is 3.43. The largest absolute Gasteiger partial charge is 0.390 e.